The summed E-state index contributed by atoms with van der Waals surface area (Å²) in [6.07, 6.45) is 0.491. The Kier molecular flexibility index (Phi) is 6.37. The molecule has 0 aliphatic carbocycles. The average molecular weight is 467 g/mol. The van der Waals surface area contributed by atoms with E-state index in [2.05, 4.69) is 18.8 Å². The van der Waals surface area contributed by atoms with Gasteiger partial charge in [-0.15, -0.1) is 0 Å². The highest BCUT2D eigenvalue weighted by Crippen LogP contribution is 2.37. The first-order valence-corrected chi connectivity index (χ1v) is 11.7. The van der Waals surface area contributed by atoms with Crippen LogP contribution in [0.5, 0.6) is 0 Å². The molecule has 0 amide bonds. The molecule has 1 fully saturated rings. The standard InChI is InChI=1S/C25H34BN3O5/c1-14(2)20-23(32-8)27-18(22(29-20)31-7)13-15-9-11-17(16-10-12-19(30)28-21(15)16)26-33-24(3,4)25(5,6)34-26/h9-12,14,18,20H,13H2,1-8H3,(H,28,30)/t18-,20+/m0/s1. The fourth-order valence-corrected chi connectivity index (χ4v) is 4.38. The maximum atomic E-state index is 12.3. The van der Waals surface area contributed by atoms with Gasteiger partial charge in [0.1, 0.15) is 12.1 Å². The molecule has 2 aromatic rings. The van der Waals surface area contributed by atoms with E-state index in [0.29, 0.717) is 18.2 Å². The van der Waals surface area contributed by atoms with Crippen LogP contribution in [-0.2, 0) is 25.2 Å². The zero-order chi connectivity index (χ0) is 24.8. The summed E-state index contributed by atoms with van der Waals surface area (Å²) in [5.74, 6) is 1.37. The van der Waals surface area contributed by atoms with Gasteiger partial charge in [-0.3, -0.25) is 4.79 Å². The minimum atomic E-state index is -0.539. The van der Waals surface area contributed by atoms with E-state index in [1.165, 1.54) is 6.07 Å². The van der Waals surface area contributed by atoms with Gasteiger partial charge in [-0.25, -0.2) is 9.98 Å². The summed E-state index contributed by atoms with van der Waals surface area (Å²) in [6, 6.07) is 6.80. The Bertz CT molecular complexity index is 1180. The van der Waals surface area contributed by atoms with Crippen LogP contribution in [0.4, 0.5) is 0 Å². The number of aromatic amines is 1. The smallest absolute Gasteiger partial charge is 0.483 e. The summed E-state index contributed by atoms with van der Waals surface area (Å²) >= 11 is 0. The fourth-order valence-electron chi connectivity index (χ4n) is 4.38. The number of rotatable bonds is 4. The molecule has 1 aromatic heterocycles. The molecule has 0 unspecified atom stereocenters. The Labute approximate surface area is 200 Å². The van der Waals surface area contributed by atoms with Crippen molar-refractivity contribution in [3.8, 4) is 0 Å². The number of benzene rings is 1. The highest BCUT2D eigenvalue weighted by molar-refractivity contribution is 6.65. The lowest BCUT2D eigenvalue weighted by atomic mass is 9.76. The number of fused-ring (bicyclic) bond motifs is 1. The molecule has 1 aromatic carbocycles. The molecule has 0 radical (unpaired) electrons. The van der Waals surface area contributed by atoms with Gasteiger partial charge in [-0.2, -0.15) is 0 Å². The van der Waals surface area contributed by atoms with E-state index < -0.39 is 18.3 Å². The second kappa shape index (κ2) is 8.85. The van der Waals surface area contributed by atoms with Crippen molar-refractivity contribution in [2.75, 3.05) is 14.2 Å². The number of nitrogens with zero attached hydrogens (tertiary/aromatic N) is 2. The summed E-state index contributed by atoms with van der Waals surface area (Å²) < 4.78 is 23.7. The normalized spacial score (nSPS) is 23.7. The van der Waals surface area contributed by atoms with E-state index >= 15 is 0 Å². The molecule has 4 rings (SSSR count). The summed E-state index contributed by atoms with van der Waals surface area (Å²) in [5.41, 5.74) is 1.42. The van der Waals surface area contributed by atoms with Gasteiger partial charge in [-0.1, -0.05) is 26.0 Å². The van der Waals surface area contributed by atoms with Crippen molar-refractivity contribution in [3.05, 3.63) is 40.2 Å². The highest BCUT2D eigenvalue weighted by Gasteiger charge is 2.52. The zero-order valence-electron chi connectivity index (χ0n) is 21.3. The number of hydrogen-bond acceptors (Lipinski definition) is 7. The van der Waals surface area contributed by atoms with Crippen molar-refractivity contribution < 1.29 is 18.8 Å². The monoisotopic (exact) mass is 467 g/mol. The van der Waals surface area contributed by atoms with Crippen LogP contribution in [0.2, 0.25) is 0 Å². The van der Waals surface area contributed by atoms with Crippen LogP contribution in [0.3, 0.4) is 0 Å². The van der Waals surface area contributed by atoms with E-state index in [4.69, 9.17) is 28.8 Å². The third-order valence-corrected chi connectivity index (χ3v) is 7.07. The van der Waals surface area contributed by atoms with Gasteiger partial charge in [0.2, 0.25) is 17.4 Å². The number of ether oxygens (including phenoxy) is 2. The predicted octanol–water partition coefficient (Wildman–Crippen LogP) is 2.87. The molecule has 3 heterocycles. The van der Waals surface area contributed by atoms with Crippen LogP contribution < -0.4 is 11.0 Å². The minimum absolute atomic E-state index is 0.176. The van der Waals surface area contributed by atoms with Crippen molar-refractivity contribution >= 4 is 35.3 Å². The van der Waals surface area contributed by atoms with E-state index in [1.54, 1.807) is 14.2 Å². The van der Waals surface area contributed by atoms with Gasteiger partial charge in [0.05, 0.1) is 30.9 Å². The maximum absolute atomic E-state index is 12.3. The molecule has 0 spiro atoms. The summed E-state index contributed by atoms with van der Waals surface area (Å²) in [4.78, 5) is 24.9. The van der Waals surface area contributed by atoms with E-state index in [-0.39, 0.29) is 23.6 Å². The number of aromatic nitrogens is 1. The first-order chi connectivity index (χ1) is 16.0. The molecule has 1 saturated heterocycles. The molecule has 2 aliphatic heterocycles. The third kappa shape index (κ3) is 4.27. The topological polar surface area (TPSA) is 94.5 Å². The number of hydrogen-bond donors (Lipinski definition) is 1. The van der Waals surface area contributed by atoms with Crippen molar-refractivity contribution in [1.82, 2.24) is 4.98 Å². The number of H-pyrrole nitrogens is 1. The Morgan fingerprint density at radius 1 is 1.00 bits per heavy atom. The summed E-state index contributed by atoms with van der Waals surface area (Å²) in [5, 5.41) is 0.873. The second-order valence-corrected chi connectivity index (χ2v) is 10.3. The van der Waals surface area contributed by atoms with Crippen LogP contribution in [0.25, 0.3) is 10.9 Å². The largest absolute Gasteiger partial charge is 0.495 e. The first kappa shape index (κ1) is 24.5. The Morgan fingerprint density at radius 2 is 1.65 bits per heavy atom. The molecule has 9 heteroatoms. The van der Waals surface area contributed by atoms with Gasteiger partial charge in [-0.05, 0) is 56.1 Å². The molecule has 34 heavy (non-hydrogen) atoms. The Morgan fingerprint density at radius 3 is 2.24 bits per heavy atom. The van der Waals surface area contributed by atoms with Crippen molar-refractivity contribution in [3.63, 3.8) is 0 Å². The lowest BCUT2D eigenvalue weighted by Crippen LogP contribution is -2.41. The molecule has 2 aliphatic rings. The molecule has 1 N–H and O–H groups in total. The van der Waals surface area contributed by atoms with Crippen LogP contribution in [-0.4, -0.2) is 61.4 Å². The van der Waals surface area contributed by atoms with Gasteiger partial charge < -0.3 is 23.8 Å². The maximum Gasteiger partial charge on any atom is 0.495 e. The van der Waals surface area contributed by atoms with E-state index in [9.17, 15) is 4.79 Å². The summed E-state index contributed by atoms with van der Waals surface area (Å²) in [7, 11) is 2.69. The number of aliphatic imine (C=N–C) groups is 2. The Hall–Kier alpha value is -2.65. The van der Waals surface area contributed by atoms with Crippen molar-refractivity contribution in [1.29, 1.82) is 0 Å². The molecule has 182 valence electrons. The van der Waals surface area contributed by atoms with E-state index in [0.717, 1.165) is 21.9 Å². The second-order valence-electron chi connectivity index (χ2n) is 10.3. The van der Waals surface area contributed by atoms with E-state index in [1.807, 2.05) is 45.9 Å². The van der Waals surface area contributed by atoms with Crippen LogP contribution >= 0.6 is 0 Å². The first-order valence-electron chi connectivity index (χ1n) is 11.7. The molecule has 0 saturated carbocycles. The quantitative estimate of drug-likeness (QED) is 0.698. The number of methoxy groups -OCH3 is 2. The molecule has 0 bridgehead atoms. The Balaban J connectivity index is 1.75. The number of nitrogens with one attached hydrogen (secondary N) is 1. The van der Waals surface area contributed by atoms with Crippen molar-refractivity contribution in [2.24, 2.45) is 15.9 Å². The predicted molar refractivity (Wildman–Crippen MR) is 135 cm³/mol. The van der Waals surface area contributed by atoms with Gasteiger partial charge in [0, 0.05) is 12.5 Å². The number of pyridine rings is 1. The van der Waals surface area contributed by atoms with Gasteiger partial charge >= 0.3 is 7.12 Å². The van der Waals surface area contributed by atoms with Crippen molar-refractivity contribution in [2.45, 2.75) is 71.2 Å². The molecular formula is C25H34BN3O5. The lowest BCUT2D eigenvalue weighted by molar-refractivity contribution is 0.00578. The van der Waals surface area contributed by atoms with Crippen LogP contribution in [0.15, 0.2) is 39.0 Å². The lowest BCUT2D eigenvalue weighted by Gasteiger charge is -2.32. The fraction of sp³-hybridized carbons (Fsp3) is 0.560. The van der Waals surface area contributed by atoms with Crippen LogP contribution in [0, 0.1) is 5.92 Å². The SMILES string of the molecule is COC1=N[C@H](C(C)C)C(OC)=N[C@H]1Cc1ccc(B2OC(C)(C)C(C)(C)O2)c2ccc(=O)[nH]c12. The molecule has 2 atom stereocenters. The minimum Gasteiger partial charge on any atom is -0.483 e. The molecular weight excluding hydrogens is 433 g/mol. The van der Waals surface area contributed by atoms with Gasteiger partial charge in [0.25, 0.3) is 0 Å². The zero-order valence-corrected chi connectivity index (χ0v) is 21.3. The van der Waals surface area contributed by atoms with Crippen LogP contribution in [0.1, 0.15) is 47.1 Å². The average Bonchev–Trinajstić information content (AvgIpc) is 3.00. The third-order valence-electron chi connectivity index (χ3n) is 7.07. The van der Waals surface area contributed by atoms with Gasteiger partial charge in [0.15, 0.2) is 0 Å². The highest BCUT2D eigenvalue weighted by atomic mass is 16.7. The summed E-state index contributed by atoms with van der Waals surface area (Å²) in [6.45, 7) is 12.2. The molecule has 8 nitrogen and oxygen atoms in total.